The van der Waals surface area contributed by atoms with Gasteiger partial charge in [-0.1, -0.05) is 0 Å². The minimum Gasteiger partial charge on any atom is -0.465 e. The number of aromatic nitrogens is 4. The number of carboxylic acid groups (broad SMARTS) is 1. The first kappa shape index (κ1) is 20.8. The van der Waals surface area contributed by atoms with Gasteiger partial charge in [0, 0.05) is 19.3 Å². The average Bonchev–Trinajstić information content (AvgIpc) is 3.32. The Labute approximate surface area is 180 Å². The Balaban J connectivity index is 1.62. The zero-order chi connectivity index (χ0) is 22.1. The van der Waals surface area contributed by atoms with Crippen LogP contribution in [-0.2, 0) is 0 Å². The maximum Gasteiger partial charge on any atom is 0.404 e. The third-order valence-corrected chi connectivity index (χ3v) is 5.90. The van der Waals surface area contributed by atoms with Crippen LogP contribution in [0.25, 0.3) is 10.3 Å². The molecule has 3 N–H and O–H groups in total. The highest BCUT2D eigenvalue weighted by atomic mass is 32.1. The summed E-state index contributed by atoms with van der Waals surface area (Å²) in [4.78, 5) is 42.7. The van der Waals surface area contributed by atoms with Crippen LogP contribution < -0.4 is 10.6 Å². The minimum absolute atomic E-state index is 0.192. The Hall–Kier alpha value is -3.41. The molecule has 162 valence electrons. The lowest BCUT2D eigenvalue weighted by Gasteiger charge is -2.18. The fourth-order valence-corrected chi connectivity index (χ4v) is 4.31. The maximum absolute atomic E-state index is 13.5. The molecule has 2 amide bonds. The van der Waals surface area contributed by atoms with Gasteiger partial charge in [0.15, 0.2) is 11.3 Å². The summed E-state index contributed by atoms with van der Waals surface area (Å²) in [6, 6.07) is 0.682. The van der Waals surface area contributed by atoms with Crippen molar-refractivity contribution in [2.75, 3.05) is 18.4 Å². The first-order valence-corrected chi connectivity index (χ1v) is 10.4. The lowest BCUT2D eigenvalue weighted by molar-refractivity contribution is 0.0785. The van der Waals surface area contributed by atoms with Gasteiger partial charge >= 0.3 is 6.09 Å². The Morgan fingerprint density at radius 1 is 1.32 bits per heavy atom. The Bertz CT molecular complexity index is 1150. The molecule has 4 heterocycles. The van der Waals surface area contributed by atoms with E-state index in [9.17, 15) is 14.0 Å². The molecule has 2 atom stereocenters. The number of amides is 2. The second-order valence-corrected chi connectivity index (χ2v) is 8.47. The van der Waals surface area contributed by atoms with Gasteiger partial charge in [-0.15, -0.1) is 11.3 Å². The molecule has 0 radical (unpaired) electrons. The van der Waals surface area contributed by atoms with Crippen LogP contribution in [0.3, 0.4) is 0 Å². The zero-order valence-corrected chi connectivity index (χ0v) is 17.6. The lowest BCUT2D eigenvalue weighted by atomic mass is 10.1. The van der Waals surface area contributed by atoms with Gasteiger partial charge in [-0.25, -0.2) is 19.2 Å². The molecule has 0 saturated carbocycles. The number of rotatable bonds is 5. The van der Waals surface area contributed by atoms with Crippen LogP contribution in [-0.4, -0.2) is 61.1 Å². The molecule has 0 spiro atoms. The second-order valence-electron chi connectivity index (χ2n) is 7.27. The first-order chi connectivity index (χ1) is 14.8. The molecule has 3 aromatic rings. The van der Waals surface area contributed by atoms with E-state index in [2.05, 4.69) is 30.6 Å². The number of thiazole rings is 1. The fraction of sp³-hybridized carbons (Fsp3) is 0.368. The highest BCUT2D eigenvalue weighted by Crippen LogP contribution is 2.27. The Morgan fingerprint density at radius 3 is 2.87 bits per heavy atom. The summed E-state index contributed by atoms with van der Waals surface area (Å²) in [5.74, 6) is -0.571. The summed E-state index contributed by atoms with van der Waals surface area (Å²) in [5.41, 5.74) is 1.21. The van der Waals surface area contributed by atoms with E-state index in [1.54, 1.807) is 11.8 Å². The van der Waals surface area contributed by atoms with E-state index in [4.69, 9.17) is 5.11 Å². The second kappa shape index (κ2) is 8.38. The number of nitrogens with one attached hydrogen (secondary N) is 2. The Kier molecular flexibility index (Phi) is 5.63. The van der Waals surface area contributed by atoms with Gasteiger partial charge in [-0.05, 0) is 31.9 Å². The minimum atomic E-state index is -1.12. The van der Waals surface area contributed by atoms with Crippen LogP contribution in [0.4, 0.5) is 15.1 Å². The molecule has 1 aliphatic rings. The predicted octanol–water partition coefficient (Wildman–Crippen LogP) is 2.58. The molecule has 31 heavy (non-hydrogen) atoms. The van der Waals surface area contributed by atoms with Crippen molar-refractivity contribution in [2.45, 2.75) is 32.4 Å². The number of anilines is 1. The number of hydrogen-bond donors (Lipinski definition) is 3. The fourth-order valence-electron chi connectivity index (χ4n) is 3.47. The highest BCUT2D eigenvalue weighted by Gasteiger charge is 2.31. The summed E-state index contributed by atoms with van der Waals surface area (Å²) in [6.07, 6.45) is 2.07. The molecular formula is C19H20FN7O3S. The molecule has 0 aromatic carbocycles. The van der Waals surface area contributed by atoms with Crippen LogP contribution >= 0.6 is 11.3 Å². The van der Waals surface area contributed by atoms with Gasteiger partial charge in [0.25, 0.3) is 5.91 Å². The van der Waals surface area contributed by atoms with E-state index in [0.717, 1.165) is 11.2 Å². The van der Waals surface area contributed by atoms with E-state index in [1.807, 2.05) is 6.92 Å². The van der Waals surface area contributed by atoms with E-state index in [0.29, 0.717) is 28.9 Å². The molecule has 4 rings (SSSR count). The number of fused-ring (bicyclic) bond motifs is 1. The number of hydrogen-bond acceptors (Lipinski definition) is 8. The molecule has 1 saturated heterocycles. The number of pyridine rings is 1. The molecule has 10 nitrogen and oxygen atoms in total. The molecule has 1 fully saturated rings. The third kappa shape index (κ3) is 4.53. The number of nitrogens with zero attached hydrogens (tertiary/aromatic N) is 5. The maximum atomic E-state index is 13.5. The van der Waals surface area contributed by atoms with Gasteiger partial charge < -0.3 is 20.6 Å². The van der Waals surface area contributed by atoms with Crippen molar-refractivity contribution in [3.8, 4) is 0 Å². The SMILES string of the molecule is Cc1nc2nc(NC(C)c3cncc(F)c3)nc(C(=O)N3CC[C@H](NC(=O)O)C3)c2s1. The van der Waals surface area contributed by atoms with Crippen molar-refractivity contribution in [3.63, 3.8) is 0 Å². The number of carbonyl (C=O) groups is 2. The van der Waals surface area contributed by atoms with Crippen molar-refractivity contribution >= 4 is 39.6 Å². The van der Waals surface area contributed by atoms with E-state index in [-0.39, 0.29) is 36.2 Å². The van der Waals surface area contributed by atoms with Crippen LogP contribution in [0.15, 0.2) is 18.5 Å². The summed E-state index contributed by atoms with van der Waals surface area (Å²) in [7, 11) is 0. The van der Waals surface area contributed by atoms with Gasteiger partial charge in [0.2, 0.25) is 5.95 Å². The van der Waals surface area contributed by atoms with Crippen LogP contribution in [0.1, 0.15) is 40.4 Å². The monoisotopic (exact) mass is 445 g/mol. The smallest absolute Gasteiger partial charge is 0.404 e. The van der Waals surface area contributed by atoms with E-state index < -0.39 is 11.9 Å². The number of halogens is 1. The van der Waals surface area contributed by atoms with Gasteiger partial charge in [-0.3, -0.25) is 9.78 Å². The van der Waals surface area contributed by atoms with Gasteiger partial charge in [0.1, 0.15) is 10.5 Å². The van der Waals surface area contributed by atoms with Crippen molar-refractivity contribution in [3.05, 3.63) is 40.5 Å². The molecule has 3 aromatic heterocycles. The normalized spacial score (nSPS) is 17.0. The predicted molar refractivity (Wildman–Crippen MR) is 112 cm³/mol. The van der Waals surface area contributed by atoms with Gasteiger partial charge in [-0.2, -0.15) is 4.98 Å². The van der Waals surface area contributed by atoms with Crippen molar-refractivity contribution in [2.24, 2.45) is 0 Å². The number of likely N-dealkylation sites (tertiary alicyclic amines) is 1. The van der Waals surface area contributed by atoms with Crippen LogP contribution in [0, 0.1) is 12.7 Å². The Morgan fingerprint density at radius 2 is 2.13 bits per heavy atom. The standard InChI is InChI=1S/C19H20FN7O3S/c1-9(11-5-12(20)7-21-6-11)22-18-25-14(15-16(26-18)23-10(2)31-15)17(28)27-4-3-13(8-27)24-19(29)30/h5-7,9,13,24H,3-4,8H2,1-2H3,(H,29,30)(H,22,25,26)/t9?,13-/m0/s1. The van der Waals surface area contributed by atoms with Crippen LogP contribution in [0.2, 0.25) is 0 Å². The van der Waals surface area contributed by atoms with Crippen LogP contribution in [0.5, 0.6) is 0 Å². The topological polar surface area (TPSA) is 133 Å². The summed E-state index contributed by atoms with van der Waals surface area (Å²) < 4.78 is 14.1. The third-order valence-electron chi connectivity index (χ3n) is 4.94. The number of carbonyl (C=O) groups excluding carboxylic acids is 1. The van der Waals surface area contributed by atoms with Crippen molar-refractivity contribution in [1.82, 2.24) is 30.2 Å². The quantitative estimate of drug-likeness (QED) is 0.546. The summed E-state index contributed by atoms with van der Waals surface area (Å²) in [5, 5.41) is 15.1. The number of aryl methyl sites for hydroxylation is 1. The highest BCUT2D eigenvalue weighted by molar-refractivity contribution is 7.18. The lowest BCUT2D eigenvalue weighted by Crippen LogP contribution is -2.37. The summed E-state index contributed by atoms with van der Waals surface area (Å²) >= 11 is 1.32. The molecule has 0 bridgehead atoms. The summed E-state index contributed by atoms with van der Waals surface area (Å²) in [6.45, 7) is 4.31. The largest absolute Gasteiger partial charge is 0.465 e. The van der Waals surface area contributed by atoms with Gasteiger partial charge in [0.05, 0.1) is 23.3 Å². The molecule has 1 aliphatic heterocycles. The van der Waals surface area contributed by atoms with Crippen molar-refractivity contribution < 1.29 is 19.1 Å². The molecular weight excluding hydrogens is 425 g/mol. The van der Waals surface area contributed by atoms with Crippen molar-refractivity contribution in [1.29, 1.82) is 0 Å². The molecule has 12 heteroatoms. The molecule has 0 aliphatic carbocycles. The van der Waals surface area contributed by atoms with E-state index >= 15 is 0 Å². The zero-order valence-electron chi connectivity index (χ0n) is 16.8. The first-order valence-electron chi connectivity index (χ1n) is 9.61. The van der Waals surface area contributed by atoms with E-state index in [1.165, 1.54) is 23.6 Å². The molecule has 1 unspecified atom stereocenters. The average molecular weight is 445 g/mol.